The molecule has 158 valence electrons. The van der Waals surface area contributed by atoms with E-state index in [1.807, 2.05) is 42.5 Å². The maximum atomic E-state index is 12.7. The summed E-state index contributed by atoms with van der Waals surface area (Å²) in [7, 11) is 0. The maximum Gasteiger partial charge on any atom is 0.251 e. The third kappa shape index (κ3) is 5.20. The Hall–Kier alpha value is -2.56. The van der Waals surface area contributed by atoms with Crippen LogP contribution in [0.4, 0.5) is 5.69 Å². The van der Waals surface area contributed by atoms with Gasteiger partial charge in [0.1, 0.15) is 0 Å². The van der Waals surface area contributed by atoms with Crippen molar-refractivity contribution >= 4 is 40.7 Å². The van der Waals surface area contributed by atoms with Gasteiger partial charge in [-0.05, 0) is 67.8 Å². The van der Waals surface area contributed by atoms with Crippen LogP contribution in [0.5, 0.6) is 0 Å². The van der Waals surface area contributed by atoms with E-state index in [-0.39, 0.29) is 5.91 Å². The van der Waals surface area contributed by atoms with Crippen molar-refractivity contribution in [2.75, 3.05) is 6.54 Å². The number of benzene rings is 3. The Morgan fingerprint density at radius 2 is 1.77 bits per heavy atom. The minimum Gasteiger partial charge on any atom is -0.352 e. The average molecular weight is 449 g/mol. The summed E-state index contributed by atoms with van der Waals surface area (Å²) in [6, 6.07) is 20.0. The van der Waals surface area contributed by atoms with Crippen molar-refractivity contribution in [2.24, 2.45) is 4.99 Å². The number of carbonyl (C=O) groups is 1. The number of amides is 1. The van der Waals surface area contributed by atoms with Gasteiger partial charge in [0, 0.05) is 38.2 Å². The van der Waals surface area contributed by atoms with Gasteiger partial charge in [-0.15, -0.1) is 0 Å². The second-order valence-corrected chi connectivity index (χ2v) is 9.25. The van der Waals surface area contributed by atoms with Gasteiger partial charge in [0.05, 0.1) is 5.69 Å². The molecule has 5 heteroatoms. The highest BCUT2D eigenvalue weighted by Crippen LogP contribution is 2.41. The zero-order valence-electron chi connectivity index (χ0n) is 17.7. The molecule has 0 bridgehead atoms. The molecule has 1 amide bonds. The summed E-state index contributed by atoms with van der Waals surface area (Å²) in [5, 5.41) is 3.74. The molecule has 1 aliphatic rings. The third-order valence-corrected chi connectivity index (χ3v) is 6.63. The molecule has 3 aromatic rings. The zero-order valence-corrected chi connectivity index (χ0v) is 19.3. The summed E-state index contributed by atoms with van der Waals surface area (Å²) in [6.45, 7) is 4.85. The number of aryl methyl sites for hydroxylation is 1. The van der Waals surface area contributed by atoms with E-state index >= 15 is 0 Å². The average Bonchev–Trinajstić information content (AvgIpc) is 2.91. The summed E-state index contributed by atoms with van der Waals surface area (Å²) in [5.74, 6) is -0.0772. The Bertz CT molecular complexity index is 1140. The van der Waals surface area contributed by atoms with Gasteiger partial charge in [0.25, 0.3) is 5.91 Å². The lowest BCUT2D eigenvalue weighted by Crippen LogP contribution is -2.25. The predicted molar refractivity (Wildman–Crippen MR) is 130 cm³/mol. The van der Waals surface area contributed by atoms with Gasteiger partial charge in [-0.1, -0.05) is 60.5 Å². The minimum atomic E-state index is -0.0772. The Morgan fingerprint density at radius 3 is 2.55 bits per heavy atom. The highest BCUT2D eigenvalue weighted by molar-refractivity contribution is 7.99. The SMILES string of the molecule is CCCC1=Nc2cc(C(=O)NCCc3ccc(Cl)cc3)ccc2Sc2ccc(C)cc21. The topological polar surface area (TPSA) is 41.5 Å². The molecule has 1 heterocycles. The molecular formula is C26H25ClN2OS. The van der Waals surface area contributed by atoms with Crippen molar-refractivity contribution in [3.63, 3.8) is 0 Å². The van der Waals surface area contributed by atoms with Crippen LogP contribution in [0.2, 0.25) is 5.02 Å². The van der Waals surface area contributed by atoms with E-state index < -0.39 is 0 Å². The van der Waals surface area contributed by atoms with Crippen molar-refractivity contribution in [1.82, 2.24) is 5.32 Å². The number of nitrogens with one attached hydrogen (secondary N) is 1. The summed E-state index contributed by atoms with van der Waals surface area (Å²) in [6.07, 6.45) is 2.70. The number of rotatable bonds is 6. The first-order valence-electron chi connectivity index (χ1n) is 10.6. The van der Waals surface area contributed by atoms with Crippen LogP contribution in [0.15, 0.2) is 75.4 Å². The molecule has 1 N–H and O–H groups in total. The van der Waals surface area contributed by atoms with Crippen LogP contribution in [0.1, 0.15) is 46.8 Å². The Kier molecular flexibility index (Phi) is 6.79. The molecule has 1 aliphatic heterocycles. The standard InChI is InChI=1S/C26H25ClN2OS/c1-3-4-22-21-15-17(2)5-11-24(21)31-25-12-8-19(16-23(25)29-22)26(30)28-14-13-18-6-9-20(27)10-7-18/h5-12,15-16H,3-4,13-14H2,1-2H3,(H,28,30). The Labute approximate surface area is 192 Å². The van der Waals surface area contributed by atoms with Crippen LogP contribution in [-0.4, -0.2) is 18.2 Å². The van der Waals surface area contributed by atoms with Crippen LogP contribution in [0, 0.1) is 6.92 Å². The molecule has 0 atom stereocenters. The first kappa shape index (κ1) is 21.7. The molecule has 0 fully saturated rings. The first-order chi connectivity index (χ1) is 15.0. The number of halogens is 1. The molecule has 0 aromatic heterocycles. The monoisotopic (exact) mass is 448 g/mol. The lowest BCUT2D eigenvalue weighted by Gasteiger charge is -2.09. The second kappa shape index (κ2) is 9.71. The van der Waals surface area contributed by atoms with Crippen LogP contribution < -0.4 is 5.32 Å². The molecule has 0 spiro atoms. The van der Waals surface area contributed by atoms with Gasteiger partial charge in [0.2, 0.25) is 0 Å². The van der Waals surface area contributed by atoms with E-state index in [9.17, 15) is 4.79 Å². The normalized spacial score (nSPS) is 12.4. The zero-order chi connectivity index (χ0) is 21.8. The van der Waals surface area contributed by atoms with E-state index in [1.165, 1.54) is 16.0 Å². The van der Waals surface area contributed by atoms with E-state index in [1.54, 1.807) is 11.8 Å². The van der Waals surface area contributed by atoms with Crippen LogP contribution in [0.3, 0.4) is 0 Å². The summed E-state index contributed by atoms with van der Waals surface area (Å²) in [5.41, 5.74) is 6.18. The lowest BCUT2D eigenvalue weighted by atomic mass is 10.0. The minimum absolute atomic E-state index is 0.0772. The van der Waals surface area contributed by atoms with Gasteiger partial charge in [-0.2, -0.15) is 0 Å². The summed E-state index contributed by atoms with van der Waals surface area (Å²) >= 11 is 7.65. The quantitative estimate of drug-likeness (QED) is 0.440. The first-order valence-corrected chi connectivity index (χ1v) is 11.8. The highest BCUT2D eigenvalue weighted by atomic mass is 35.5. The Morgan fingerprint density at radius 1 is 1.00 bits per heavy atom. The van der Waals surface area contributed by atoms with Crippen LogP contribution in [-0.2, 0) is 6.42 Å². The van der Waals surface area contributed by atoms with Crippen LogP contribution >= 0.6 is 23.4 Å². The van der Waals surface area contributed by atoms with Gasteiger partial charge in [0.15, 0.2) is 0 Å². The summed E-state index contributed by atoms with van der Waals surface area (Å²) < 4.78 is 0. The molecule has 31 heavy (non-hydrogen) atoms. The summed E-state index contributed by atoms with van der Waals surface area (Å²) in [4.78, 5) is 20.0. The van der Waals surface area contributed by atoms with Crippen molar-refractivity contribution in [1.29, 1.82) is 0 Å². The molecule has 4 rings (SSSR count). The molecule has 3 aromatic carbocycles. The lowest BCUT2D eigenvalue weighted by molar-refractivity contribution is 0.0954. The highest BCUT2D eigenvalue weighted by Gasteiger charge is 2.18. The van der Waals surface area contributed by atoms with Crippen molar-refractivity contribution in [3.8, 4) is 0 Å². The van der Waals surface area contributed by atoms with Crippen molar-refractivity contribution < 1.29 is 4.79 Å². The molecule has 0 unspecified atom stereocenters. The van der Waals surface area contributed by atoms with Gasteiger partial charge >= 0.3 is 0 Å². The van der Waals surface area contributed by atoms with E-state index in [4.69, 9.17) is 16.6 Å². The van der Waals surface area contributed by atoms with Gasteiger partial charge < -0.3 is 5.32 Å². The molecule has 0 saturated heterocycles. The van der Waals surface area contributed by atoms with Gasteiger partial charge in [-0.3, -0.25) is 9.79 Å². The fourth-order valence-corrected chi connectivity index (χ4v) is 4.75. The predicted octanol–water partition coefficient (Wildman–Crippen LogP) is 7.01. The maximum absolute atomic E-state index is 12.7. The van der Waals surface area contributed by atoms with Crippen molar-refractivity contribution in [2.45, 2.75) is 42.9 Å². The van der Waals surface area contributed by atoms with Gasteiger partial charge in [-0.25, -0.2) is 0 Å². The van der Waals surface area contributed by atoms with E-state index in [0.717, 1.165) is 46.1 Å². The largest absolute Gasteiger partial charge is 0.352 e. The molecule has 3 nitrogen and oxygen atoms in total. The van der Waals surface area contributed by atoms with Crippen LogP contribution in [0.25, 0.3) is 0 Å². The molecular weight excluding hydrogens is 424 g/mol. The fraction of sp³-hybridized carbons (Fsp3) is 0.231. The molecule has 0 radical (unpaired) electrons. The number of carbonyl (C=O) groups excluding carboxylic acids is 1. The third-order valence-electron chi connectivity index (χ3n) is 5.24. The molecule has 0 saturated carbocycles. The van der Waals surface area contributed by atoms with E-state index in [2.05, 4.69) is 37.4 Å². The number of hydrogen-bond donors (Lipinski definition) is 1. The number of aliphatic imine (C=N–C) groups is 1. The smallest absolute Gasteiger partial charge is 0.251 e. The number of fused-ring (bicyclic) bond motifs is 2. The number of hydrogen-bond acceptors (Lipinski definition) is 3. The molecule has 0 aliphatic carbocycles. The van der Waals surface area contributed by atoms with Crippen molar-refractivity contribution in [3.05, 3.63) is 87.9 Å². The Balaban J connectivity index is 1.53. The second-order valence-electron chi connectivity index (χ2n) is 7.73. The number of nitrogens with zero attached hydrogens (tertiary/aromatic N) is 1. The van der Waals surface area contributed by atoms with E-state index in [0.29, 0.717) is 12.1 Å². The fourth-order valence-electron chi connectivity index (χ4n) is 3.62.